The highest BCUT2D eigenvalue weighted by atomic mass is 32.1. The first-order valence-corrected chi connectivity index (χ1v) is 7.70. The number of aryl methyl sites for hydroxylation is 1. The minimum Gasteiger partial charge on any atom is -0.308 e. The summed E-state index contributed by atoms with van der Waals surface area (Å²) in [5.41, 5.74) is 4.19. The lowest BCUT2D eigenvalue weighted by atomic mass is 9.89. The van der Waals surface area contributed by atoms with Crippen LogP contribution in [0.5, 0.6) is 0 Å². The van der Waals surface area contributed by atoms with Gasteiger partial charge in [-0.1, -0.05) is 20.8 Å². The highest BCUT2D eigenvalue weighted by Gasteiger charge is 2.24. The van der Waals surface area contributed by atoms with Gasteiger partial charge in [-0.15, -0.1) is 11.3 Å². The number of rotatable bonds is 2. The molecule has 0 fully saturated rings. The molecule has 1 atom stereocenters. The fraction of sp³-hybridized carbons (Fsp3) is 0.571. The van der Waals surface area contributed by atoms with Crippen LogP contribution < -0.4 is 11.3 Å². The predicted octanol–water partition coefficient (Wildman–Crippen LogP) is 3.23. The van der Waals surface area contributed by atoms with Crippen LogP contribution in [0.2, 0.25) is 0 Å². The predicted molar refractivity (Wildman–Crippen MR) is 80.5 cm³/mol. The van der Waals surface area contributed by atoms with Crippen LogP contribution in [0.25, 0.3) is 10.2 Å². The molecule has 0 saturated heterocycles. The molecule has 1 aliphatic rings. The van der Waals surface area contributed by atoms with Crippen LogP contribution in [0, 0.1) is 5.92 Å². The molecule has 0 amide bonds. The van der Waals surface area contributed by atoms with E-state index in [-0.39, 0.29) is 0 Å². The van der Waals surface area contributed by atoms with Crippen LogP contribution in [0.3, 0.4) is 0 Å². The molecule has 3 rings (SSSR count). The molecule has 1 aliphatic carbocycles. The molecule has 5 heteroatoms. The number of anilines is 1. The minimum atomic E-state index is 0.314. The Morgan fingerprint density at radius 3 is 2.84 bits per heavy atom. The Kier molecular flexibility index (Phi) is 3.19. The van der Waals surface area contributed by atoms with Gasteiger partial charge >= 0.3 is 0 Å². The quantitative estimate of drug-likeness (QED) is 0.653. The first kappa shape index (κ1) is 12.8. The SMILES string of the molecule is CC(C)c1nc(NN)c2c3c(sc2n1)C[C@H](C)CC3. The fourth-order valence-corrected chi connectivity index (χ4v) is 4.11. The van der Waals surface area contributed by atoms with Crippen molar-refractivity contribution in [3.8, 4) is 0 Å². The molecule has 0 unspecified atom stereocenters. The van der Waals surface area contributed by atoms with Crippen LogP contribution in [0.1, 0.15) is 49.4 Å². The Labute approximate surface area is 117 Å². The molecule has 0 spiro atoms. The number of hydrogen-bond donors (Lipinski definition) is 2. The van der Waals surface area contributed by atoms with Crippen molar-refractivity contribution >= 4 is 27.4 Å². The fourth-order valence-electron chi connectivity index (χ4n) is 2.72. The molecular weight excluding hydrogens is 256 g/mol. The number of hydrazine groups is 1. The second-order valence-corrected chi connectivity index (χ2v) is 6.84. The Morgan fingerprint density at radius 1 is 1.37 bits per heavy atom. The molecule has 102 valence electrons. The zero-order valence-corrected chi connectivity index (χ0v) is 12.5. The number of nitrogens with two attached hydrogens (primary N) is 1. The Morgan fingerprint density at radius 2 is 2.16 bits per heavy atom. The molecule has 2 heterocycles. The van der Waals surface area contributed by atoms with Gasteiger partial charge < -0.3 is 5.43 Å². The zero-order valence-electron chi connectivity index (χ0n) is 11.7. The van der Waals surface area contributed by atoms with Crippen molar-refractivity contribution in [1.29, 1.82) is 0 Å². The Balaban J connectivity index is 2.23. The van der Waals surface area contributed by atoms with Gasteiger partial charge in [-0.3, -0.25) is 0 Å². The van der Waals surface area contributed by atoms with Crippen molar-refractivity contribution in [3.05, 3.63) is 16.3 Å². The summed E-state index contributed by atoms with van der Waals surface area (Å²) in [5, 5.41) is 1.15. The van der Waals surface area contributed by atoms with E-state index in [1.54, 1.807) is 0 Å². The lowest BCUT2D eigenvalue weighted by molar-refractivity contribution is 0.509. The van der Waals surface area contributed by atoms with Crippen LogP contribution >= 0.6 is 11.3 Å². The molecule has 0 bridgehead atoms. The maximum atomic E-state index is 5.67. The van der Waals surface area contributed by atoms with Crippen LogP contribution in [-0.2, 0) is 12.8 Å². The maximum Gasteiger partial charge on any atom is 0.152 e. The number of nitrogens with zero attached hydrogens (tertiary/aromatic N) is 2. The topological polar surface area (TPSA) is 63.8 Å². The molecule has 3 N–H and O–H groups in total. The van der Waals surface area contributed by atoms with E-state index in [4.69, 9.17) is 10.8 Å². The summed E-state index contributed by atoms with van der Waals surface area (Å²) >= 11 is 1.82. The average molecular weight is 276 g/mol. The first-order valence-electron chi connectivity index (χ1n) is 6.89. The molecule has 2 aromatic rings. The lowest BCUT2D eigenvalue weighted by Gasteiger charge is -2.18. The number of nitrogens with one attached hydrogen (secondary N) is 1. The van der Waals surface area contributed by atoms with Gasteiger partial charge in [0.15, 0.2) is 5.82 Å². The number of nitrogen functional groups attached to an aromatic ring is 1. The maximum absolute atomic E-state index is 5.67. The van der Waals surface area contributed by atoms with Gasteiger partial charge in [-0.2, -0.15) is 0 Å². The summed E-state index contributed by atoms with van der Waals surface area (Å²) < 4.78 is 0. The molecule has 0 saturated carbocycles. The van der Waals surface area contributed by atoms with Gasteiger partial charge in [0.05, 0.1) is 5.39 Å². The van der Waals surface area contributed by atoms with Crippen LogP contribution in [-0.4, -0.2) is 9.97 Å². The second kappa shape index (κ2) is 4.72. The van der Waals surface area contributed by atoms with E-state index < -0.39 is 0 Å². The molecule has 19 heavy (non-hydrogen) atoms. The normalized spacial score (nSPS) is 18.9. The van der Waals surface area contributed by atoms with Crippen molar-refractivity contribution in [3.63, 3.8) is 0 Å². The third-order valence-corrected chi connectivity index (χ3v) is 4.97. The highest BCUT2D eigenvalue weighted by molar-refractivity contribution is 7.19. The number of hydrogen-bond acceptors (Lipinski definition) is 5. The highest BCUT2D eigenvalue weighted by Crippen LogP contribution is 2.40. The molecule has 4 nitrogen and oxygen atoms in total. The summed E-state index contributed by atoms with van der Waals surface area (Å²) in [4.78, 5) is 11.9. The van der Waals surface area contributed by atoms with Crippen molar-refractivity contribution in [2.24, 2.45) is 11.8 Å². The molecule has 0 aromatic carbocycles. The van der Waals surface area contributed by atoms with E-state index >= 15 is 0 Å². The Hall–Kier alpha value is -1.20. The summed E-state index contributed by atoms with van der Waals surface area (Å²) in [6.45, 7) is 6.54. The number of thiophene rings is 1. The van der Waals surface area contributed by atoms with Crippen LogP contribution in [0.15, 0.2) is 0 Å². The van der Waals surface area contributed by atoms with Gasteiger partial charge in [-0.25, -0.2) is 15.8 Å². The van der Waals surface area contributed by atoms with Crippen molar-refractivity contribution in [2.45, 2.75) is 46.0 Å². The smallest absolute Gasteiger partial charge is 0.152 e. The Bertz CT molecular complexity index is 617. The first-order chi connectivity index (χ1) is 9.10. The van der Waals surface area contributed by atoms with E-state index in [0.29, 0.717) is 5.92 Å². The van der Waals surface area contributed by atoms with Gasteiger partial charge in [0.1, 0.15) is 10.7 Å². The van der Waals surface area contributed by atoms with E-state index in [1.807, 2.05) is 11.3 Å². The number of fused-ring (bicyclic) bond motifs is 3. The summed E-state index contributed by atoms with van der Waals surface area (Å²) in [6, 6.07) is 0. The minimum absolute atomic E-state index is 0.314. The number of aromatic nitrogens is 2. The third-order valence-electron chi connectivity index (χ3n) is 3.83. The monoisotopic (exact) mass is 276 g/mol. The summed E-state index contributed by atoms with van der Waals surface area (Å²) in [7, 11) is 0. The van der Waals surface area contributed by atoms with E-state index in [9.17, 15) is 0 Å². The van der Waals surface area contributed by atoms with Crippen molar-refractivity contribution in [1.82, 2.24) is 9.97 Å². The second-order valence-electron chi connectivity index (χ2n) is 5.76. The lowest BCUT2D eigenvalue weighted by Crippen LogP contribution is -2.13. The zero-order chi connectivity index (χ0) is 13.6. The molecule has 2 aromatic heterocycles. The average Bonchev–Trinajstić information content (AvgIpc) is 2.74. The van der Waals surface area contributed by atoms with E-state index in [2.05, 4.69) is 31.2 Å². The molecule has 0 aliphatic heterocycles. The van der Waals surface area contributed by atoms with Gasteiger partial charge in [-0.05, 0) is 30.7 Å². The molecule has 0 radical (unpaired) electrons. The van der Waals surface area contributed by atoms with Gasteiger partial charge in [0.25, 0.3) is 0 Å². The summed E-state index contributed by atoms with van der Waals surface area (Å²) in [5.74, 6) is 8.41. The van der Waals surface area contributed by atoms with Crippen molar-refractivity contribution in [2.75, 3.05) is 5.43 Å². The summed E-state index contributed by atoms with van der Waals surface area (Å²) in [6.07, 6.45) is 3.53. The van der Waals surface area contributed by atoms with Crippen molar-refractivity contribution < 1.29 is 0 Å². The van der Waals surface area contributed by atoms with Gasteiger partial charge in [0, 0.05) is 10.8 Å². The van der Waals surface area contributed by atoms with E-state index in [1.165, 1.54) is 16.9 Å². The van der Waals surface area contributed by atoms with E-state index in [0.717, 1.165) is 40.6 Å². The third kappa shape index (κ3) is 2.11. The largest absolute Gasteiger partial charge is 0.308 e. The standard InChI is InChI=1S/C14H20N4S/c1-7(2)12-16-13(18-15)11-9-5-4-8(3)6-10(9)19-14(11)17-12/h7-8H,4-6,15H2,1-3H3,(H,16,17,18)/t8-/m1/s1. The van der Waals surface area contributed by atoms with Gasteiger partial charge in [0.2, 0.25) is 0 Å². The van der Waals surface area contributed by atoms with Crippen LogP contribution in [0.4, 0.5) is 5.82 Å². The molecular formula is C14H20N4S.